The van der Waals surface area contributed by atoms with Crippen molar-refractivity contribution < 1.29 is 50.3 Å². The lowest BCUT2D eigenvalue weighted by atomic mass is 9.87. The predicted octanol–water partition coefficient (Wildman–Crippen LogP) is -0.396. The summed E-state index contributed by atoms with van der Waals surface area (Å²) < 4.78 is 11.5. The van der Waals surface area contributed by atoms with E-state index in [1.165, 1.54) is 0 Å². The molecular formula is C29H38O10. The smallest absolute Gasteiger partial charge is 0.113 e. The first kappa shape index (κ1) is 28.6. The normalized spacial score (nSPS) is 40.5. The van der Waals surface area contributed by atoms with E-state index in [0.29, 0.717) is 11.1 Å². The molecule has 0 bridgehead atoms. The Morgan fingerprint density at radius 1 is 0.590 bits per heavy atom. The van der Waals surface area contributed by atoms with Gasteiger partial charge in [-0.3, -0.25) is 0 Å². The van der Waals surface area contributed by atoms with E-state index in [4.69, 9.17) is 9.47 Å². The van der Waals surface area contributed by atoms with Crippen LogP contribution in [-0.2, 0) is 9.47 Å². The second-order valence-corrected chi connectivity index (χ2v) is 11.2. The molecule has 12 unspecified atom stereocenters. The van der Waals surface area contributed by atoms with E-state index in [1.54, 1.807) is 0 Å². The second-order valence-electron chi connectivity index (χ2n) is 11.2. The third-order valence-electron chi connectivity index (χ3n) is 8.63. The molecule has 2 saturated heterocycles. The fourth-order valence-corrected chi connectivity index (χ4v) is 6.15. The van der Waals surface area contributed by atoms with Gasteiger partial charge in [0.25, 0.3) is 0 Å². The first-order valence-corrected chi connectivity index (χ1v) is 13.4. The lowest BCUT2D eigenvalue weighted by Gasteiger charge is -2.40. The maximum atomic E-state index is 10.5. The highest BCUT2D eigenvalue weighted by atomic mass is 16.6. The summed E-state index contributed by atoms with van der Waals surface area (Å²) in [5, 5.41) is 80.5. The van der Waals surface area contributed by atoms with Gasteiger partial charge in [-0.1, -0.05) is 36.4 Å². The third kappa shape index (κ3) is 5.15. The summed E-state index contributed by atoms with van der Waals surface area (Å²) in [5.74, 6) is 0.565. The number of aryl methyl sites for hydroxylation is 2. The fourth-order valence-electron chi connectivity index (χ4n) is 6.15. The van der Waals surface area contributed by atoms with Gasteiger partial charge in [0.05, 0.1) is 13.2 Å². The highest BCUT2D eigenvalue weighted by molar-refractivity contribution is 5.44. The molecule has 0 spiro atoms. The summed E-state index contributed by atoms with van der Waals surface area (Å²) >= 11 is 0. The maximum absolute atomic E-state index is 10.5. The Labute approximate surface area is 226 Å². The average molecular weight is 547 g/mol. The quantitative estimate of drug-likeness (QED) is 0.238. The highest BCUT2D eigenvalue weighted by Crippen LogP contribution is 2.55. The van der Waals surface area contributed by atoms with Crippen LogP contribution in [0.3, 0.4) is 0 Å². The molecule has 10 heteroatoms. The minimum absolute atomic E-state index is 0.282. The number of benzene rings is 2. The molecule has 2 heterocycles. The monoisotopic (exact) mass is 546 g/mol. The van der Waals surface area contributed by atoms with E-state index in [-0.39, 0.29) is 11.8 Å². The van der Waals surface area contributed by atoms with Crippen molar-refractivity contribution in [3.8, 4) is 0 Å². The molecule has 39 heavy (non-hydrogen) atoms. The summed E-state index contributed by atoms with van der Waals surface area (Å²) in [4.78, 5) is 0. The topological polar surface area (TPSA) is 180 Å². The van der Waals surface area contributed by atoms with Crippen LogP contribution in [-0.4, -0.2) is 103 Å². The molecule has 0 aromatic heterocycles. The zero-order valence-corrected chi connectivity index (χ0v) is 21.9. The van der Waals surface area contributed by atoms with Crippen molar-refractivity contribution in [2.75, 3.05) is 13.2 Å². The molecule has 1 aliphatic carbocycles. The van der Waals surface area contributed by atoms with Crippen LogP contribution in [0.25, 0.3) is 0 Å². The standard InChI is InChI=1S/C29H38O10/c1-12-7-14(3-5-16(12)28-26(36)24(34)22(32)20(10-30)38-28)18-9-19(18)15-4-6-17(13(2)8-15)29-27(37)25(35)23(33)21(11-31)39-29/h3-8,18-37H,9-11H2,1-2H3. The minimum atomic E-state index is -1.43. The molecule has 0 amide bonds. The van der Waals surface area contributed by atoms with Gasteiger partial charge in [-0.15, -0.1) is 0 Å². The van der Waals surface area contributed by atoms with E-state index in [2.05, 4.69) is 0 Å². The van der Waals surface area contributed by atoms with Crippen molar-refractivity contribution in [2.45, 2.75) is 93.1 Å². The molecule has 0 radical (unpaired) electrons. The number of ether oxygens (including phenoxy) is 2. The zero-order valence-electron chi connectivity index (χ0n) is 21.9. The average Bonchev–Trinajstić information content (AvgIpc) is 3.73. The minimum Gasteiger partial charge on any atom is -0.394 e. The molecule has 2 aliphatic heterocycles. The van der Waals surface area contributed by atoms with Crippen molar-refractivity contribution in [3.63, 3.8) is 0 Å². The van der Waals surface area contributed by atoms with Crippen molar-refractivity contribution in [3.05, 3.63) is 69.8 Å². The van der Waals surface area contributed by atoms with Crippen LogP contribution in [0.5, 0.6) is 0 Å². The number of aliphatic hydroxyl groups is 8. The van der Waals surface area contributed by atoms with Crippen LogP contribution in [0, 0.1) is 13.8 Å². The number of aliphatic hydroxyl groups excluding tert-OH is 8. The van der Waals surface area contributed by atoms with Gasteiger partial charge in [-0.25, -0.2) is 0 Å². The third-order valence-corrected chi connectivity index (χ3v) is 8.63. The van der Waals surface area contributed by atoms with E-state index in [9.17, 15) is 40.9 Å². The van der Waals surface area contributed by atoms with Gasteiger partial charge in [0.2, 0.25) is 0 Å². The van der Waals surface area contributed by atoms with Crippen LogP contribution < -0.4 is 0 Å². The van der Waals surface area contributed by atoms with Crippen LogP contribution in [0.15, 0.2) is 36.4 Å². The van der Waals surface area contributed by atoms with Gasteiger partial charge in [-0.05, 0) is 65.5 Å². The Kier molecular flexibility index (Phi) is 8.16. The molecule has 214 valence electrons. The lowest BCUT2D eigenvalue weighted by molar-refractivity contribution is -0.231. The maximum Gasteiger partial charge on any atom is 0.113 e. The van der Waals surface area contributed by atoms with Crippen LogP contribution in [0.1, 0.15) is 63.8 Å². The van der Waals surface area contributed by atoms with Crippen LogP contribution >= 0.6 is 0 Å². The van der Waals surface area contributed by atoms with E-state index in [1.807, 2.05) is 50.2 Å². The first-order chi connectivity index (χ1) is 18.6. The van der Waals surface area contributed by atoms with E-state index >= 15 is 0 Å². The number of hydrogen-bond acceptors (Lipinski definition) is 10. The van der Waals surface area contributed by atoms with Crippen molar-refractivity contribution in [2.24, 2.45) is 0 Å². The fraction of sp³-hybridized carbons (Fsp3) is 0.586. The van der Waals surface area contributed by atoms with Crippen molar-refractivity contribution in [1.29, 1.82) is 0 Å². The largest absolute Gasteiger partial charge is 0.394 e. The molecule has 3 aliphatic rings. The first-order valence-electron chi connectivity index (χ1n) is 13.4. The Morgan fingerprint density at radius 2 is 0.974 bits per heavy atom. The van der Waals surface area contributed by atoms with Crippen LogP contribution in [0.4, 0.5) is 0 Å². The van der Waals surface area contributed by atoms with Gasteiger partial charge in [0.15, 0.2) is 0 Å². The molecule has 2 aromatic carbocycles. The molecule has 3 fully saturated rings. The van der Waals surface area contributed by atoms with Gasteiger partial charge >= 0.3 is 0 Å². The summed E-state index contributed by atoms with van der Waals surface area (Å²) in [5.41, 5.74) is 5.37. The van der Waals surface area contributed by atoms with Gasteiger partial charge in [0, 0.05) is 0 Å². The van der Waals surface area contributed by atoms with Crippen LogP contribution in [0.2, 0.25) is 0 Å². The van der Waals surface area contributed by atoms with Gasteiger partial charge in [0.1, 0.15) is 61.0 Å². The Morgan fingerprint density at radius 3 is 1.31 bits per heavy atom. The molecule has 2 aromatic rings. The molecule has 12 atom stereocenters. The summed E-state index contributed by atoms with van der Waals surface area (Å²) in [7, 11) is 0. The Hall–Kier alpha value is -1.96. The molecular weight excluding hydrogens is 508 g/mol. The van der Waals surface area contributed by atoms with Gasteiger partial charge < -0.3 is 50.3 Å². The molecule has 8 N–H and O–H groups in total. The second kappa shape index (κ2) is 11.1. The molecule has 1 saturated carbocycles. The van der Waals surface area contributed by atoms with E-state index < -0.39 is 74.3 Å². The van der Waals surface area contributed by atoms with Gasteiger partial charge in [-0.2, -0.15) is 0 Å². The highest BCUT2D eigenvalue weighted by Gasteiger charge is 2.46. The van der Waals surface area contributed by atoms with Crippen molar-refractivity contribution >= 4 is 0 Å². The lowest BCUT2D eigenvalue weighted by Crippen LogP contribution is -2.55. The van der Waals surface area contributed by atoms with Crippen molar-refractivity contribution in [1.82, 2.24) is 0 Å². The summed E-state index contributed by atoms with van der Waals surface area (Å²) in [6.45, 7) is 2.85. The van der Waals surface area contributed by atoms with E-state index in [0.717, 1.165) is 28.7 Å². The number of hydrogen-bond donors (Lipinski definition) is 8. The predicted molar refractivity (Wildman–Crippen MR) is 138 cm³/mol. The Bertz CT molecular complexity index is 1080. The number of rotatable bonds is 6. The molecule has 10 nitrogen and oxygen atoms in total. The SMILES string of the molecule is Cc1cc(C2CC2c2ccc(C3OC(CO)C(O)C(O)C3O)c(C)c2)ccc1C1OC(CO)C(O)C(O)C1O. The summed E-state index contributed by atoms with van der Waals surface area (Å²) in [6.07, 6.45) is -11.0. The zero-order chi connectivity index (χ0) is 28.2. The summed E-state index contributed by atoms with van der Waals surface area (Å²) in [6, 6.07) is 11.8. The Balaban J connectivity index is 1.30. The molecule has 5 rings (SSSR count).